The smallest absolute Gasteiger partial charge is 0.336 e. The standard InChI is InChI=1S/C23H19F5N4O2/c24-16-8-10-18(11-9-16)32(13-12-29-21(33)31-20-7-2-1-6-19(20)25)22(34)30-17-5-3-4-15(14-17)23(26,27)28/h1-11,14H,12-13H2,(H,30,34)(H2,29,31,33). The van der Waals surface area contributed by atoms with Crippen LogP contribution in [-0.2, 0) is 6.18 Å². The van der Waals surface area contributed by atoms with Crippen molar-refractivity contribution in [2.45, 2.75) is 6.18 Å². The predicted octanol–water partition coefficient (Wildman–Crippen LogP) is 5.84. The molecule has 0 aliphatic rings. The highest BCUT2D eigenvalue weighted by molar-refractivity contribution is 6.01. The van der Waals surface area contributed by atoms with E-state index in [0.29, 0.717) is 0 Å². The van der Waals surface area contributed by atoms with Crippen molar-refractivity contribution in [2.24, 2.45) is 0 Å². The van der Waals surface area contributed by atoms with Crippen LogP contribution in [0.5, 0.6) is 0 Å². The van der Waals surface area contributed by atoms with Crippen molar-refractivity contribution in [1.29, 1.82) is 0 Å². The maximum atomic E-state index is 13.7. The maximum absolute atomic E-state index is 13.7. The van der Waals surface area contributed by atoms with E-state index in [4.69, 9.17) is 0 Å². The van der Waals surface area contributed by atoms with Gasteiger partial charge in [-0.1, -0.05) is 18.2 Å². The van der Waals surface area contributed by atoms with Crippen LogP contribution in [0.1, 0.15) is 5.56 Å². The van der Waals surface area contributed by atoms with Gasteiger partial charge in [-0.2, -0.15) is 13.2 Å². The topological polar surface area (TPSA) is 73.5 Å². The Morgan fingerprint density at radius 2 is 1.56 bits per heavy atom. The Morgan fingerprint density at radius 1 is 0.853 bits per heavy atom. The second kappa shape index (κ2) is 10.6. The summed E-state index contributed by atoms with van der Waals surface area (Å²) in [5.74, 6) is -1.18. The molecular formula is C23H19F5N4O2. The van der Waals surface area contributed by atoms with Crippen molar-refractivity contribution in [3.05, 3.63) is 90.0 Å². The van der Waals surface area contributed by atoms with Crippen LogP contribution in [0, 0.1) is 11.6 Å². The lowest BCUT2D eigenvalue weighted by Crippen LogP contribution is -2.42. The van der Waals surface area contributed by atoms with Gasteiger partial charge in [-0.25, -0.2) is 18.4 Å². The molecule has 3 rings (SSSR count). The van der Waals surface area contributed by atoms with Crippen LogP contribution in [0.15, 0.2) is 72.8 Å². The normalized spacial score (nSPS) is 11.0. The Morgan fingerprint density at radius 3 is 2.24 bits per heavy atom. The molecule has 3 aromatic carbocycles. The first-order chi connectivity index (χ1) is 16.1. The molecule has 3 N–H and O–H groups in total. The quantitative estimate of drug-likeness (QED) is 0.389. The van der Waals surface area contributed by atoms with E-state index in [1.54, 1.807) is 0 Å². The lowest BCUT2D eigenvalue weighted by molar-refractivity contribution is -0.137. The van der Waals surface area contributed by atoms with Gasteiger partial charge in [0.05, 0.1) is 11.3 Å². The van der Waals surface area contributed by atoms with Crippen LogP contribution < -0.4 is 20.9 Å². The van der Waals surface area contributed by atoms with Crippen molar-refractivity contribution < 1.29 is 31.5 Å². The van der Waals surface area contributed by atoms with E-state index in [-0.39, 0.29) is 30.2 Å². The van der Waals surface area contributed by atoms with Crippen LogP contribution in [0.4, 0.5) is 48.6 Å². The molecule has 0 saturated heterocycles. The number of urea groups is 2. The molecule has 0 aliphatic carbocycles. The molecular weight excluding hydrogens is 459 g/mol. The fourth-order valence-electron chi connectivity index (χ4n) is 2.94. The summed E-state index contributed by atoms with van der Waals surface area (Å²) in [7, 11) is 0. The van der Waals surface area contributed by atoms with Crippen molar-refractivity contribution in [2.75, 3.05) is 28.6 Å². The fraction of sp³-hybridized carbons (Fsp3) is 0.130. The Bertz CT molecular complexity index is 1150. The summed E-state index contributed by atoms with van der Waals surface area (Å²) < 4.78 is 65.9. The summed E-state index contributed by atoms with van der Waals surface area (Å²) in [6.45, 7) is -0.227. The van der Waals surface area contributed by atoms with Gasteiger partial charge in [0.1, 0.15) is 11.6 Å². The fourth-order valence-corrected chi connectivity index (χ4v) is 2.94. The van der Waals surface area contributed by atoms with Gasteiger partial charge in [-0.3, -0.25) is 4.90 Å². The van der Waals surface area contributed by atoms with Gasteiger partial charge in [-0.15, -0.1) is 0 Å². The molecule has 178 valence electrons. The van der Waals surface area contributed by atoms with Crippen LogP contribution in [0.3, 0.4) is 0 Å². The predicted molar refractivity (Wildman–Crippen MR) is 118 cm³/mol. The number of halogens is 5. The minimum Gasteiger partial charge on any atom is -0.336 e. The number of hydrogen-bond donors (Lipinski definition) is 3. The number of carbonyl (C=O) groups is 2. The molecule has 0 bridgehead atoms. The van der Waals surface area contributed by atoms with E-state index in [2.05, 4.69) is 16.0 Å². The van der Waals surface area contributed by atoms with E-state index in [9.17, 15) is 31.5 Å². The lowest BCUT2D eigenvalue weighted by atomic mass is 10.2. The highest BCUT2D eigenvalue weighted by atomic mass is 19.4. The van der Waals surface area contributed by atoms with Crippen molar-refractivity contribution in [3.63, 3.8) is 0 Å². The van der Waals surface area contributed by atoms with Gasteiger partial charge in [0, 0.05) is 24.5 Å². The zero-order valence-corrected chi connectivity index (χ0v) is 17.5. The first-order valence-electron chi connectivity index (χ1n) is 9.94. The number of anilines is 3. The van der Waals surface area contributed by atoms with Crippen LogP contribution in [-0.4, -0.2) is 25.2 Å². The number of benzene rings is 3. The second-order valence-corrected chi connectivity index (χ2v) is 7.00. The zero-order valence-electron chi connectivity index (χ0n) is 17.5. The van der Waals surface area contributed by atoms with E-state index >= 15 is 0 Å². The van der Waals surface area contributed by atoms with E-state index < -0.39 is 35.4 Å². The summed E-state index contributed by atoms with van der Waals surface area (Å²) >= 11 is 0. The van der Waals surface area contributed by atoms with Gasteiger partial charge < -0.3 is 16.0 Å². The second-order valence-electron chi connectivity index (χ2n) is 7.00. The Hall–Kier alpha value is -4.15. The molecule has 0 heterocycles. The molecule has 0 aromatic heterocycles. The van der Waals surface area contributed by atoms with E-state index in [1.165, 1.54) is 42.5 Å². The first kappa shape index (κ1) is 24.5. The number of carbonyl (C=O) groups excluding carboxylic acids is 2. The third-order valence-electron chi connectivity index (χ3n) is 4.57. The maximum Gasteiger partial charge on any atom is 0.416 e. The van der Waals surface area contributed by atoms with Crippen LogP contribution in [0.2, 0.25) is 0 Å². The van der Waals surface area contributed by atoms with Gasteiger partial charge >= 0.3 is 18.2 Å². The van der Waals surface area contributed by atoms with Gasteiger partial charge in [0.15, 0.2) is 0 Å². The van der Waals surface area contributed by atoms with Gasteiger partial charge in [0.25, 0.3) is 0 Å². The Balaban J connectivity index is 1.69. The number of alkyl halides is 3. The average molecular weight is 478 g/mol. The first-order valence-corrected chi connectivity index (χ1v) is 9.94. The largest absolute Gasteiger partial charge is 0.416 e. The number of amides is 4. The molecule has 11 heteroatoms. The summed E-state index contributed by atoms with van der Waals surface area (Å²) in [6.07, 6.45) is -4.59. The zero-order chi connectivity index (χ0) is 24.7. The highest BCUT2D eigenvalue weighted by Crippen LogP contribution is 2.30. The number of nitrogens with one attached hydrogen (secondary N) is 3. The van der Waals surface area contributed by atoms with Crippen LogP contribution in [0.25, 0.3) is 0 Å². The molecule has 34 heavy (non-hydrogen) atoms. The monoisotopic (exact) mass is 478 g/mol. The number of nitrogens with zero attached hydrogens (tertiary/aromatic N) is 1. The Labute approximate surface area is 191 Å². The molecule has 0 aliphatic heterocycles. The van der Waals surface area contributed by atoms with Crippen molar-refractivity contribution >= 4 is 29.1 Å². The summed E-state index contributed by atoms with van der Waals surface area (Å²) in [5, 5.41) is 7.15. The summed E-state index contributed by atoms with van der Waals surface area (Å²) in [4.78, 5) is 26.0. The van der Waals surface area contributed by atoms with E-state index in [1.807, 2.05) is 0 Å². The molecule has 0 radical (unpaired) electrons. The summed E-state index contributed by atoms with van der Waals surface area (Å²) in [5.41, 5.74) is -0.845. The molecule has 3 aromatic rings. The van der Waals surface area contributed by atoms with Crippen molar-refractivity contribution in [3.8, 4) is 0 Å². The molecule has 0 spiro atoms. The average Bonchev–Trinajstić information content (AvgIpc) is 2.79. The van der Waals surface area contributed by atoms with Crippen LogP contribution >= 0.6 is 0 Å². The number of rotatable bonds is 6. The minimum atomic E-state index is -4.59. The SMILES string of the molecule is O=C(NCCN(C(=O)Nc1cccc(C(F)(F)F)c1)c1ccc(F)cc1)Nc1ccccc1F. The molecule has 0 fully saturated rings. The third-order valence-corrected chi connectivity index (χ3v) is 4.57. The van der Waals surface area contributed by atoms with Gasteiger partial charge in [0.2, 0.25) is 0 Å². The number of hydrogen-bond acceptors (Lipinski definition) is 2. The molecule has 4 amide bonds. The van der Waals surface area contributed by atoms with E-state index in [0.717, 1.165) is 35.2 Å². The van der Waals surface area contributed by atoms with Crippen molar-refractivity contribution in [1.82, 2.24) is 5.32 Å². The molecule has 6 nitrogen and oxygen atoms in total. The number of para-hydroxylation sites is 1. The minimum absolute atomic E-state index is 0.0438. The highest BCUT2D eigenvalue weighted by Gasteiger charge is 2.30. The lowest BCUT2D eigenvalue weighted by Gasteiger charge is -2.24. The molecule has 0 saturated carbocycles. The Kier molecular flexibility index (Phi) is 7.67. The summed E-state index contributed by atoms with van der Waals surface area (Å²) in [6, 6.07) is 12.9. The molecule has 0 unspecified atom stereocenters. The van der Waals surface area contributed by atoms with Gasteiger partial charge in [-0.05, 0) is 54.6 Å². The molecule has 0 atom stereocenters. The third kappa shape index (κ3) is 6.67.